The van der Waals surface area contributed by atoms with Crippen molar-refractivity contribution in [3.8, 4) is 0 Å². The van der Waals surface area contributed by atoms with Crippen LogP contribution in [0, 0.1) is 11.8 Å². The van der Waals surface area contributed by atoms with Crippen LogP contribution in [0.4, 0.5) is 5.95 Å². The van der Waals surface area contributed by atoms with Gasteiger partial charge in [-0.2, -0.15) is 5.10 Å². The van der Waals surface area contributed by atoms with Crippen LogP contribution in [0.1, 0.15) is 58.2 Å². The molecule has 0 bridgehead atoms. The van der Waals surface area contributed by atoms with Gasteiger partial charge in [0, 0.05) is 13.1 Å². The average Bonchev–Trinajstić information content (AvgIpc) is 2.92. The van der Waals surface area contributed by atoms with Gasteiger partial charge in [-0.15, -0.1) is 0 Å². The monoisotopic (exact) mass is 289 g/mol. The molecule has 2 aromatic rings. The molecule has 5 nitrogen and oxygen atoms in total. The van der Waals surface area contributed by atoms with E-state index in [1.807, 2.05) is 11.7 Å². The molecule has 5 heteroatoms. The van der Waals surface area contributed by atoms with Crippen molar-refractivity contribution in [3.63, 3.8) is 0 Å². The summed E-state index contributed by atoms with van der Waals surface area (Å²) in [6, 6.07) is 0.464. The lowest BCUT2D eigenvalue weighted by atomic mass is 9.79. The van der Waals surface area contributed by atoms with Gasteiger partial charge in [-0.05, 0) is 37.5 Å². The SMILES string of the molecule is CCCc1nn(C)c2c1nc(N)n2C1CCC(C)C(C)C1. The molecule has 0 aliphatic heterocycles. The number of aromatic nitrogens is 4. The second-order valence-electron chi connectivity index (χ2n) is 6.75. The number of hydrogen-bond acceptors (Lipinski definition) is 3. The Balaban J connectivity index is 2.04. The quantitative estimate of drug-likeness (QED) is 0.943. The Morgan fingerprint density at radius 3 is 2.67 bits per heavy atom. The van der Waals surface area contributed by atoms with Gasteiger partial charge in [0.05, 0.1) is 5.69 Å². The maximum atomic E-state index is 6.25. The summed E-state index contributed by atoms with van der Waals surface area (Å²) in [6.07, 6.45) is 5.69. The first-order valence-corrected chi connectivity index (χ1v) is 8.22. The van der Waals surface area contributed by atoms with E-state index in [0.717, 1.165) is 41.5 Å². The van der Waals surface area contributed by atoms with E-state index in [1.165, 1.54) is 19.3 Å². The van der Waals surface area contributed by atoms with Gasteiger partial charge in [-0.3, -0.25) is 9.25 Å². The molecule has 3 unspecified atom stereocenters. The van der Waals surface area contributed by atoms with Gasteiger partial charge in [0.15, 0.2) is 5.65 Å². The topological polar surface area (TPSA) is 61.7 Å². The summed E-state index contributed by atoms with van der Waals surface area (Å²) < 4.78 is 4.20. The lowest BCUT2D eigenvalue weighted by molar-refractivity contribution is 0.214. The Morgan fingerprint density at radius 2 is 2.00 bits per heavy atom. The number of nitrogens with two attached hydrogens (primary N) is 1. The van der Waals surface area contributed by atoms with E-state index in [9.17, 15) is 0 Å². The zero-order valence-electron chi connectivity index (χ0n) is 13.6. The first-order valence-electron chi connectivity index (χ1n) is 8.22. The molecule has 0 amide bonds. The summed E-state index contributed by atoms with van der Waals surface area (Å²) in [4.78, 5) is 4.63. The largest absolute Gasteiger partial charge is 0.369 e. The molecule has 0 spiro atoms. The number of aryl methyl sites for hydroxylation is 2. The summed E-state index contributed by atoms with van der Waals surface area (Å²) in [5.74, 6) is 2.20. The number of rotatable bonds is 3. The lowest BCUT2D eigenvalue weighted by Gasteiger charge is -2.33. The van der Waals surface area contributed by atoms with Gasteiger partial charge in [-0.25, -0.2) is 4.98 Å². The minimum Gasteiger partial charge on any atom is -0.369 e. The van der Waals surface area contributed by atoms with E-state index >= 15 is 0 Å². The molecular formula is C16H27N5. The number of nitrogens with zero attached hydrogens (tertiary/aromatic N) is 4. The molecule has 0 aromatic carbocycles. The predicted octanol–water partition coefficient (Wildman–Crippen LogP) is 3.30. The molecule has 2 heterocycles. The van der Waals surface area contributed by atoms with Crippen LogP contribution in [0.2, 0.25) is 0 Å². The average molecular weight is 289 g/mol. The van der Waals surface area contributed by atoms with Gasteiger partial charge in [-0.1, -0.05) is 27.2 Å². The Labute approximate surface area is 126 Å². The number of nitrogen functional groups attached to an aromatic ring is 1. The highest BCUT2D eigenvalue weighted by atomic mass is 15.4. The normalized spacial score (nSPS) is 26.6. The maximum Gasteiger partial charge on any atom is 0.202 e. The smallest absolute Gasteiger partial charge is 0.202 e. The van der Waals surface area contributed by atoms with Crippen molar-refractivity contribution < 1.29 is 0 Å². The molecule has 116 valence electrons. The van der Waals surface area contributed by atoms with E-state index in [-0.39, 0.29) is 0 Å². The summed E-state index contributed by atoms with van der Waals surface area (Å²) in [5, 5.41) is 4.65. The minimum absolute atomic E-state index is 0.464. The van der Waals surface area contributed by atoms with Gasteiger partial charge in [0.25, 0.3) is 0 Å². The fourth-order valence-electron chi connectivity index (χ4n) is 3.74. The summed E-state index contributed by atoms with van der Waals surface area (Å²) >= 11 is 0. The van der Waals surface area contributed by atoms with Crippen LogP contribution < -0.4 is 5.73 Å². The van der Waals surface area contributed by atoms with Crippen molar-refractivity contribution in [1.82, 2.24) is 19.3 Å². The Hall–Kier alpha value is -1.52. The molecule has 1 aliphatic rings. The number of fused-ring (bicyclic) bond motifs is 1. The molecule has 1 fully saturated rings. The predicted molar refractivity (Wildman–Crippen MR) is 86.1 cm³/mol. The molecule has 3 atom stereocenters. The van der Waals surface area contributed by atoms with Crippen molar-refractivity contribution in [2.75, 3.05) is 5.73 Å². The zero-order valence-corrected chi connectivity index (χ0v) is 13.6. The Bertz CT molecular complexity index is 639. The third-order valence-electron chi connectivity index (χ3n) is 5.19. The summed E-state index contributed by atoms with van der Waals surface area (Å²) in [7, 11) is 2.01. The fraction of sp³-hybridized carbons (Fsp3) is 0.750. The van der Waals surface area contributed by atoms with Crippen LogP contribution >= 0.6 is 0 Å². The molecule has 3 rings (SSSR count). The minimum atomic E-state index is 0.464. The highest BCUT2D eigenvalue weighted by Crippen LogP contribution is 2.39. The zero-order chi connectivity index (χ0) is 15.1. The first kappa shape index (κ1) is 14.4. The van der Waals surface area contributed by atoms with Gasteiger partial charge < -0.3 is 5.73 Å². The standard InChI is InChI=1S/C16H27N5/c1-5-6-13-14-15(20(4)19-13)21(16(17)18-14)12-8-7-10(2)11(3)9-12/h10-12H,5-9H2,1-4H3,(H2,17,18). The van der Waals surface area contributed by atoms with E-state index in [1.54, 1.807) is 0 Å². The van der Waals surface area contributed by atoms with Gasteiger partial charge in [0.2, 0.25) is 5.95 Å². The van der Waals surface area contributed by atoms with E-state index < -0.39 is 0 Å². The molecule has 0 radical (unpaired) electrons. The Morgan fingerprint density at radius 1 is 1.24 bits per heavy atom. The third kappa shape index (κ3) is 2.32. The molecule has 21 heavy (non-hydrogen) atoms. The molecule has 1 saturated carbocycles. The summed E-state index contributed by atoms with van der Waals surface area (Å²) in [6.45, 7) is 6.88. The van der Waals surface area contributed by atoms with Crippen LogP contribution in [0.25, 0.3) is 11.2 Å². The van der Waals surface area contributed by atoms with E-state index in [0.29, 0.717) is 12.0 Å². The van der Waals surface area contributed by atoms with Crippen molar-refractivity contribution >= 4 is 17.1 Å². The molecule has 0 saturated heterocycles. The second-order valence-corrected chi connectivity index (χ2v) is 6.75. The molecule has 2 N–H and O–H groups in total. The van der Waals surface area contributed by atoms with Gasteiger partial charge in [0.1, 0.15) is 5.52 Å². The van der Waals surface area contributed by atoms with Crippen molar-refractivity contribution in [2.45, 2.75) is 58.9 Å². The molecule has 1 aliphatic carbocycles. The van der Waals surface area contributed by atoms with Crippen LogP contribution in [0.5, 0.6) is 0 Å². The second kappa shape index (κ2) is 5.35. The number of anilines is 1. The van der Waals surface area contributed by atoms with E-state index in [4.69, 9.17) is 5.73 Å². The highest BCUT2D eigenvalue weighted by Gasteiger charge is 2.29. The Kier molecular flexibility index (Phi) is 3.68. The van der Waals surface area contributed by atoms with Crippen LogP contribution in [0.3, 0.4) is 0 Å². The highest BCUT2D eigenvalue weighted by molar-refractivity contribution is 5.78. The first-order chi connectivity index (χ1) is 10.0. The van der Waals surface area contributed by atoms with Crippen LogP contribution in [-0.4, -0.2) is 19.3 Å². The van der Waals surface area contributed by atoms with E-state index in [2.05, 4.69) is 35.4 Å². The van der Waals surface area contributed by atoms with Crippen molar-refractivity contribution in [1.29, 1.82) is 0 Å². The fourth-order valence-corrected chi connectivity index (χ4v) is 3.74. The van der Waals surface area contributed by atoms with Crippen molar-refractivity contribution in [2.24, 2.45) is 18.9 Å². The third-order valence-corrected chi connectivity index (χ3v) is 5.19. The van der Waals surface area contributed by atoms with Crippen LogP contribution in [0.15, 0.2) is 0 Å². The summed E-state index contributed by atoms with van der Waals surface area (Å²) in [5.41, 5.74) is 9.44. The lowest BCUT2D eigenvalue weighted by Crippen LogP contribution is -2.24. The number of hydrogen-bond donors (Lipinski definition) is 1. The number of imidazole rings is 1. The molecule has 2 aromatic heterocycles. The maximum absolute atomic E-state index is 6.25. The van der Waals surface area contributed by atoms with Crippen molar-refractivity contribution in [3.05, 3.63) is 5.69 Å². The van der Waals surface area contributed by atoms with Gasteiger partial charge >= 0.3 is 0 Å². The molecular weight excluding hydrogens is 262 g/mol. The van der Waals surface area contributed by atoms with Crippen LogP contribution in [-0.2, 0) is 13.5 Å².